The molecule has 0 fully saturated rings. The summed E-state index contributed by atoms with van der Waals surface area (Å²) in [6, 6.07) is 7.76. The summed E-state index contributed by atoms with van der Waals surface area (Å²) in [5, 5.41) is 0.116. The molecule has 0 spiro atoms. The van der Waals surface area contributed by atoms with E-state index in [0.29, 0.717) is 5.75 Å². The molecule has 2 aromatic rings. The van der Waals surface area contributed by atoms with Gasteiger partial charge in [-0.3, -0.25) is 4.72 Å². The standard InChI is InChI=1S/C13H13ClN2O3S/c1-9-3-6-13(15-8-9)16-20(17,18)12-7-10(19-2)4-5-11(12)14/h3-8H,1-2H3,(H,15,16). The van der Waals surface area contributed by atoms with E-state index in [0.717, 1.165) is 5.56 Å². The molecule has 0 aliphatic carbocycles. The molecule has 0 atom stereocenters. The Morgan fingerprint density at radius 3 is 2.60 bits per heavy atom. The highest BCUT2D eigenvalue weighted by atomic mass is 35.5. The van der Waals surface area contributed by atoms with Gasteiger partial charge in [0.1, 0.15) is 16.5 Å². The number of aryl methyl sites for hydroxylation is 1. The number of methoxy groups -OCH3 is 1. The Morgan fingerprint density at radius 1 is 1.25 bits per heavy atom. The monoisotopic (exact) mass is 312 g/mol. The summed E-state index contributed by atoms with van der Waals surface area (Å²) in [6.07, 6.45) is 1.57. The second-order valence-corrected chi connectivity index (χ2v) is 6.18. The van der Waals surface area contributed by atoms with Crippen molar-refractivity contribution in [1.29, 1.82) is 0 Å². The van der Waals surface area contributed by atoms with Gasteiger partial charge in [-0.15, -0.1) is 0 Å². The van der Waals surface area contributed by atoms with Gasteiger partial charge in [0.15, 0.2) is 0 Å². The Morgan fingerprint density at radius 2 is 2.00 bits per heavy atom. The molecule has 0 unspecified atom stereocenters. The number of halogens is 1. The zero-order valence-corrected chi connectivity index (χ0v) is 12.5. The van der Waals surface area contributed by atoms with Gasteiger partial charge in [0, 0.05) is 12.3 Å². The van der Waals surface area contributed by atoms with Crippen LogP contribution in [-0.2, 0) is 10.0 Å². The maximum atomic E-state index is 12.3. The quantitative estimate of drug-likeness (QED) is 0.942. The maximum Gasteiger partial charge on any atom is 0.264 e. The van der Waals surface area contributed by atoms with Gasteiger partial charge in [-0.2, -0.15) is 0 Å². The van der Waals surface area contributed by atoms with E-state index in [4.69, 9.17) is 16.3 Å². The lowest BCUT2D eigenvalue weighted by atomic mass is 10.3. The number of aromatic nitrogens is 1. The second kappa shape index (κ2) is 5.68. The Labute approximate surface area is 122 Å². The van der Waals surface area contributed by atoms with Crippen molar-refractivity contribution in [3.8, 4) is 5.75 Å². The summed E-state index contributed by atoms with van der Waals surface area (Å²) in [6.45, 7) is 1.87. The first-order chi connectivity index (χ1) is 9.42. The van der Waals surface area contributed by atoms with Crippen molar-refractivity contribution in [2.24, 2.45) is 0 Å². The zero-order valence-electron chi connectivity index (χ0n) is 10.9. The minimum absolute atomic E-state index is 0.0547. The fourth-order valence-electron chi connectivity index (χ4n) is 1.54. The van der Waals surface area contributed by atoms with Gasteiger partial charge in [-0.05, 0) is 30.7 Å². The molecule has 7 heteroatoms. The van der Waals surface area contributed by atoms with Crippen molar-refractivity contribution in [2.45, 2.75) is 11.8 Å². The molecule has 0 aliphatic rings. The van der Waals surface area contributed by atoms with Crippen LogP contribution in [0, 0.1) is 6.92 Å². The van der Waals surface area contributed by atoms with Crippen LogP contribution in [0.1, 0.15) is 5.56 Å². The minimum atomic E-state index is -3.81. The third-order valence-corrected chi connectivity index (χ3v) is 4.41. The van der Waals surface area contributed by atoms with Gasteiger partial charge < -0.3 is 4.74 Å². The number of pyridine rings is 1. The van der Waals surface area contributed by atoms with Gasteiger partial charge in [0.05, 0.1) is 12.1 Å². The summed E-state index contributed by atoms with van der Waals surface area (Å²) < 4.78 is 31.9. The average Bonchev–Trinajstić information content (AvgIpc) is 2.41. The van der Waals surface area contributed by atoms with Crippen molar-refractivity contribution in [1.82, 2.24) is 4.98 Å². The molecule has 5 nitrogen and oxygen atoms in total. The highest BCUT2D eigenvalue weighted by molar-refractivity contribution is 7.92. The number of nitrogens with one attached hydrogen (secondary N) is 1. The van der Waals surface area contributed by atoms with Crippen LogP contribution in [0.5, 0.6) is 5.75 Å². The molecule has 2 rings (SSSR count). The smallest absolute Gasteiger partial charge is 0.264 e. The molecule has 20 heavy (non-hydrogen) atoms. The molecular formula is C13H13ClN2O3S. The maximum absolute atomic E-state index is 12.3. The van der Waals surface area contributed by atoms with E-state index in [-0.39, 0.29) is 15.7 Å². The van der Waals surface area contributed by atoms with Crippen LogP contribution in [0.3, 0.4) is 0 Å². The number of hydrogen-bond donors (Lipinski definition) is 1. The first-order valence-corrected chi connectivity index (χ1v) is 7.57. The molecule has 0 aliphatic heterocycles. The van der Waals surface area contributed by atoms with Crippen LogP contribution in [0.15, 0.2) is 41.4 Å². The van der Waals surface area contributed by atoms with E-state index in [2.05, 4.69) is 9.71 Å². The fraction of sp³-hybridized carbons (Fsp3) is 0.154. The van der Waals surface area contributed by atoms with Crippen molar-refractivity contribution in [2.75, 3.05) is 11.8 Å². The predicted octanol–water partition coefficient (Wildman–Crippen LogP) is 2.85. The Hall–Kier alpha value is -1.79. The number of rotatable bonds is 4. The van der Waals surface area contributed by atoms with Gasteiger partial charge in [0.25, 0.3) is 10.0 Å². The van der Waals surface area contributed by atoms with Crippen molar-refractivity contribution >= 4 is 27.4 Å². The Kier molecular flexibility index (Phi) is 4.15. The summed E-state index contributed by atoms with van der Waals surface area (Å²) in [4.78, 5) is 3.94. The number of nitrogens with zero attached hydrogens (tertiary/aromatic N) is 1. The number of benzene rings is 1. The SMILES string of the molecule is COc1ccc(Cl)c(S(=O)(=O)Nc2ccc(C)cn2)c1. The van der Waals surface area contributed by atoms with Crippen LogP contribution < -0.4 is 9.46 Å². The molecular weight excluding hydrogens is 300 g/mol. The summed E-state index contributed by atoms with van der Waals surface area (Å²) in [7, 11) is -2.36. The molecule has 0 amide bonds. The predicted molar refractivity (Wildman–Crippen MR) is 77.8 cm³/mol. The number of hydrogen-bond acceptors (Lipinski definition) is 4. The average molecular weight is 313 g/mol. The van der Waals surface area contributed by atoms with Crippen molar-refractivity contribution < 1.29 is 13.2 Å². The third-order valence-electron chi connectivity index (χ3n) is 2.58. The van der Waals surface area contributed by atoms with E-state index in [1.54, 1.807) is 24.4 Å². The summed E-state index contributed by atoms with van der Waals surface area (Å²) >= 11 is 5.93. The fourth-order valence-corrected chi connectivity index (χ4v) is 3.06. The van der Waals surface area contributed by atoms with Crippen LogP contribution in [0.25, 0.3) is 0 Å². The van der Waals surface area contributed by atoms with E-state index in [1.165, 1.54) is 19.2 Å². The van der Waals surface area contributed by atoms with Gasteiger partial charge in [-0.1, -0.05) is 17.7 Å². The van der Waals surface area contributed by atoms with Gasteiger partial charge in [-0.25, -0.2) is 13.4 Å². The second-order valence-electron chi connectivity index (χ2n) is 4.12. The molecule has 0 radical (unpaired) electrons. The molecule has 106 valence electrons. The first-order valence-electron chi connectivity index (χ1n) is 5.71. The number of ether oxygens (including phenoxy) is 1. The molecule has 1 heterocycles. The zero-order chi connectivity index (χ0) is 14.8. The number of sulfonamides is 1. The lowest BCUT2D eigenvalue weighted by molar-refractivity contribution is 0.413. The highest BCUT2D eigenvalue weighted by Crippen LogP contribution is 2.27. The third kappa shape index (κ3) is 3.20. The van der Waals surface area contributed by atoms with E-state index >= 15 is 0 Å². The van der Waals surface area contributed by atoms with E-state index in [1.807, 2.05) is 6.92 Å². The summed E-state index contributed by atoms with van der Waals surface area (Å²) in [5.74, 6) is 0.640. The van der Waals surface area contributed by atoms with Crippen molar-refractivity contribution in [3.05, 3.63) is 47.1 Å². The minimum Gasteiger partial charge on any atom is -0.497 e. The van der Waals surface area contributed by atoms with E-state index in [9.17, 15) is 8.42 Å². The molecule has 0 saturated carbocycles. The molecule has 0 bridgehead atoms. The topological polar surface area (TPSA) is 68.3 Å². The largest absolute Gasteiger partial charge is 0.497 e. The van der Waals surface area contributed by atoms with Crippen LogP contribution in [-0.4, -0.2) is 20.5 Å². The van der Waals surface area contributed by atoms with Crippen LogP contribution in [0.2, 0.25) is 5.02 Å². The molecule has 1 aromatic carbocycles. The van der Waals surface area contributed by atoms with Crippen molar-refractivity contribution in [3.63, 3.8) is 0 Å². The lowest BCUT2D eigenvalue weighted by Gasteiger charge is -2.10. The van der Waals surface area contributed by atoms with Crippen LogP contribution >= 0.6 is 11.6 Å². The lowest BCUT2D eigenvalue weighted by Crippen LogP contribution is -2.14. The molecule has 1 aromatic heterocycles. The Balaban J connectivity index is 2.37. The van der Waals surface area contributed by atoms with Gasteiger partial charge >= 0.3 is 0 Å². The summed E-state index contributed by atoms with van der Waals surface area (Å²) in [5.41, 5.74) is 0.937. The van der Waals surface area contributed by atoms with E-state index < -0.39 is 10.0 Å². The Bertz CT molecular complexity index is 715. The molecule has 1 N–H and O–H groups in total. The van der Waals surface area contributed by atoms with Crippen LogP contribution in [0.4, 0.5) is 5.82 Å². The normalized spacial score (nSPS) is 11.2. The first kappa shape index (κ1) is 14.6. The molecule has 0 saturated heterocycles. The van der Waals surface area contributed by atoms with Gasteiger partial charge in [0.2, 0.25) is 0 Å². The number of anilines is 1. The highest BCUT2D eigenvalue weighted by Gasteiger charge is 2.19.